The Balaban J connectivity index is 1.95. The average Bonchev–Trinajstić information content (AvgIpc) is 2.61. The fourth-order valence-electron chi connectivity index (χ4n) is 3.11. The van der Waals surface area contributed by atoms with Crippen molar-refractivity contribution in [1.29, 1.82) is 0 Å². The Labute approximate surface area is 97.9 Å². The highest BCUT2D eigenvalue weighted by molar-refractivity contribution is 5.87. The van der Waals surface area contributed by atoms with Gasteiger partial charge >= 0.3 is 0 Å². The van der Waals surface area contributed by atoms with Gasteiger partial charge in [0, 0.05) is 6.42 Å². The van der Waals surface area contributed by atoms with Crippen molar-refractivity contribution in [1.82, 2.24) is 0 Å². The molecule has 2 rings (SSSR count). The molecule has 16 heavy (non-hydrogen) atoms. The van der Waals surface area contributed by atoms with Gasteiger partial charge in [0.05, 0.1) is 17.9 Å². The molecule has 0 radical (unpaired) electrons. The van der Waals surface area contributed by atoms with Crippen LogP contribution >= 0.6 is 0 Å². The summed E-state index contributed by atoms with van der Waals surface area (Å²) in [5, 5.41) is 12.1. The van der Waals surface area contributed by atoms with Crippen molar-refractivity contribution in [2.24, 2.45) is 16.5 Å². The molecule has 1 saturated heterocycles. The lowest BCUT2D eigenvalue weighted by atomic mass is 9.68. The Kier molecular flexibility index (Phi) is 2.99. The second kappa shape index (κ2) is 4.02. The Morgan fingerprint density at radius 1 is 1.31 bits per heavy atom. The van der Waals surface area contributed by atoms with Crippen molar-refractivity contribution in [3.8, 4) is 0 Å². The molecule has 0 aromatic carbocycles. The third-order valence-electron chi connectivity index (χ3n) is 4.33. The molecular formula is C13H23NO2. The van der Waals surface area contributed by atoms with Crippen molar-refractivity contribution in [2.75, 3.05) is 6.61 Å². The largest absolute Gasteiger partial charge is 0.411 e. The average molecular weight is 225 g/mol. The summed E-state index contributed by atoms with van der Waals surface area (Å²) in [5.74, 6) is 0.803. The van der Waals surface area contributed by atoms with E-state index in [4.69, 9.17) is 9.94 Å². The molecule has 1 aliphatic carbocycles. The monoisotopic (exact) mass is 225 g/mol. The van der Waals surface area contributed by atoms with Crippen LogP contribution in [0.3, 0.4) is 0 Å². The van der Waals surface area contributed by atoms with E-state index in [1.807, 2.05) is 0 Å². The first-order valence-electron chi connectivity index (χ1n) is 6.29. The van der Waals surface area contributed by atoms with Crippen molar-refractivity contribution < 1.29 is 9.94 Å². The normalized spacial score (nSPS) is 38.4. The van der Waals surface area contributed by atoms with Crippen LogP contribution in [0.1, 0.15) is 52.9 Å². The summed E-state index contributed by atoms with van der Waals surface area (Å²) in [6.45, 7) is 7.50. The molecule has 0 bridgehead atoms. The Hall–Kier alpha value is -0.570. The molecule has 3 heteroatoms. The molecule has 0 unspecified atom stereocenters. The van der Waals surface area contributed by atoms with E-state index in [1.54, 1.807) is 0 Å². The Morgan fingerprint density at radius 3 is 2.38 bits per heavy atom. The van der Waals surface area contributed by atoms with E-state index < -0.39 is 0 Å². The van der Waals surface area contributed by atoms with E-state index in [0.29, 0.717) is 12.0 Å². The maximum atomic E-state index is 8.77. The van der Waals surface area contributed by atoms with Crippen LogP contribution in [0.5, 0.6) is 0 Å². The zero-order chi connectivity index (χ0) is 11.8. The van der Waals surface area contributed by atoms with Crippen molar-refractivity contribution >= 4 is 5.71 Å². The van der Waals surface area contributed by atoms with E-state index in [9.17, 15) is 0 Å². The number of hydrogen-bond acceptors (Lipinski definition) is 3. The van der Waals surface area contributed by atoms with Crippen LogP contribution in [-0.2, 0) is 4.74 Å². The summed E-state index contributed by atoms with van der Waals surface area (Å²) < 4.78 is 5.86. The zero-order valence-electron chi connectivity index (χ0n) is 10.6. The fourth-order valence-corrected chi connectivity index (χ4v) is 3.11. The van der Waals surface area contributed by atoms with E-state index in [1.165, 1.54) is 12.8 Å². The van der Waals surface area contributed by atoms with Gasteiger partial charge in [0.25, 0.3) is 0 Å². The molecule has 1 heterocycles. The number of hydrogen-bond donors (Lipinski definition) is 1. The lowest BCUT2D eigenvalue weighted by molar-refractivity contribution is -0.0459. The first-order valence-corrected chi connectivity index (χ1v) is 6.29. The zero-order valence-corrected chi connectivity index (χ0v) is 10.6. The SMILES string of the molecule is CC(C)(C)C1CCC2(CC1)CC(=NO)CO2. The molecule has 0 amide bonds. The summed E-state index contributed by atoms with van der Waals surface area (Å²) in [5.41, 5.74) is 1.23. The van der Waals surface area contributed by atoms with Gasteiger partial charge in [-0.2, -0.15) is 0 Å². The van der Waals surface area contributed by atoms with Crippen LogP contribution < -0.4 is 0 Å². The molecule has 92 valence electrons. The number of rotatable bonds is 0. The minimum absolute atomic E-state index is 0.00329. The summed E-state index contributed by atoms with van der Waals surface area (Å²) in [7, 11) is 0. The molecular weight excluding hydrogens is 202 g/mol. The quantitative estimate of drug-likeness (QED) is 0.508. The molecule has 1 spiro atoms. The van der Waals surface area contributed by atoms with Gasteiger partial charge in [-0.25, -0.2) is 0 Å². The number of ether oxygens (including phenoxy) is 1. The number of oxime groups is 1. The number of nitrogens with zero attached hydrogens (tertiary/aromatic N) is 1. The molecule has 2 aliphatic rings. The predicted molar refractivity (Wildman–Crippen MR) is 63.9 cm³/mol. The second-order valence-corrected chi connectivity index (χ2v) is 6.45. The molecule has 1 N–H and O–H groups in total. The highest BCUT2D eigenvalue weighted by Gasteiger charge is 2.43. The van der Waals surface area contributed by atoms with Crippen molar-refractivity contribution in [3.63, 3.8) is 0 Å². The predicted octanol–water partition coefficient (Wildman–Crippen LogP) is 3.21. The topological polar surface area (TPSA) is 41.8 Å². The second-order valence-electron chi connectivity index (χ2n) is 6.45. The van der Waals surface area contributed by atoms with Gasteiger partial charge < -0.3 is 9.94 Å². The minimum atomic E-state index is 0.00329. The first-order chi connectivity index (χ1) is 7.45. The fraction of sp³-hybridized carbons (Fsp3) is 0.923. The highest BCUT2D eigenvalue weighted by atomic mass is 16.5. The van der Waals surface area contributed by atoms with Crippen LogP contribution in [0, 0.1) is 11.3 Å². The van der Waals surface area contributed by atoms with E-state index in [-0.39, 0.29) is 5.60 Å². The van der Waals surface area contributed by atoms with E-state index in [0.717, 1.165) is 30.9 Å². The van der Waals surface area contributed by atoms with Crippen LogP contribution in [0.15, 0.2) is 5.16 Å². The molecule has 0 atom stereocenters. The van der Waals surface area contributed by atoms with Crippen molar-refractivity contribution in [2.45, 2.75) is 58.5 Å². The van der Waals surface area contributed by atoms with Crippen molar-refractivity contribution in [3.05, 3.63) is 0 Å². The van der Waals surface area contributed by atoms with Gasteiger partial charge in [-0.05, 0) is 37.0 Å². The molecule has 1 saturated carbocycles. The van der Waals surface area contributed by atoms with E-state index in [2.05, 4.69) is 25.9 Å². The minimum Gasteiger partial charge on any atom is -0.411 e. The third kappa shape index (κ3) is 2.24. The van der Waals surface area contributed by atoms with Crippen LogP contribution in [-0.4, -0.2) is 23.1 Å². The van der Waals surface area contributed by atoms with Crippen LogP contribution in [0.4, 0.5) is 0 Å². The summed E-state index contributed by atoms with van der Waals surface area (Å²) in [6.07, 6.45) is 5.55. The highest BCUT2D eigenvalue weighted by Crippen LogP contribution is 2.45. The smallest absolute Gasteiger partial charge is 0.0890 e. The lowest BCUT2D eigenvalue weighted by Crippen LogP contribution is -2.37. The van der Waals surface area contributed by atoms with Gasteiger partial charge in [0.15, 0.2) is 0 Å². The summed E-state index contributed by atoms with van der Waals surface area (Å²) >= 11 is 0. The molecule has 1 aliphatic heterocycles. The van der Waals surface area contributed by atoms with Gasteiger partial charge in [-0.3, -0.25) is 0 Å². The first kappa shape index (κ1) is 11.9. The van der Waals surface area contributed by atoms with Gasteiger partial charge in [-0.1, -0.05) is 25.9 Å². The van der Waals surface area contributed by atoms with Gasteiger partial charge in [-0.15, -0.1) is 0 Å². The molecule has 3 nitrogen and oxygen atoms in total. The molecule has 2 fully saturated rings. The van der Waals surface area contributed by atoms with Crippen LogP contribution in [0.25, 0.3) is 0 Å². The summed E-state index contributed by atoms with van der Waals surface area (Å²) in [6, 6.07) is 0. The lowest BCUT2D eigenvalue weighted by Gasteiger charge is -2.41. The van der Waals surface area contributed by atoms with Gasteiger partial charge in [0.2, 0.25) is 0 Å². The Morgan fingerprint density at radius 2 is 1.94 bits per heavy atom. The third-order valence-corrected chi connectivity index (χ3v) is 4.33. The maximum absolute atomic E-state index is 8.77. The summed E-state index contributed by atoms with van der Waals surface area (Å²) in [4.78, 5) is 0. The standard InChI is InChI=1S/C13H23NO2/c1-12(2,3)10-4-6-13(7-5-10)8-11(14-15)9-16-13/h10,15H,4-9H2,1-3H3. The molecule has 0 aromatic heterocycles. The molecule has 0 aromatic rings. The van der Waals surface area contributed by atoms with E-state index >= 15 is 0 Å². The van der Waals surface area contributed by atoms with Gasteiger partial charge in [0.1, 0.15) is 0 Å². The maximum Gasteiger partial charge on any atom is 0.0890 e. The van der Waals surface area contributed by atoms with Crippen LogP contribution in [0.2, 0.25) is 0 Å². The Bertz CT molecular complexity index is 283.